The summed E-state index contributed by atoms with van der Waals surface area (Å²) in [6.45, 7) is 2.88. The SMILES string of the molecule is Cc1ccc(N(C)Cc2ccccc2)c(C(N)=S)c1. The molecule has 3 heteroatoms. The average molecular weight is 270 g/mol. The van der Waals surface area contributed by atoms with Crippen LogP contribution in [0.15, 0.2) is 48.5 Å². The first-order chi connectivity index (χ1) is 9.08. The molecule has 98 valence electrons. The molecule has 19 heavy (non-hydrogen) atoms. The maximum atomic E-state index is 5.82. The van der Waals surface area contributed by atoms with E-state index < -0.39 is 0 Å². The molecule has 0 bridgehead atoms. The second kappa shape index (κ2) is 5.85. The highest BCUT2D eigenvalue weighted by Crippen LogP contribution is 2.22. The van der Waals surface area contributed by atoms with Crippen LogP contribution in [0.1, 0.15) is 16.7 Å². The lowest BCUT2D eigenvalue weighted by atomic mass is 10.1. The lowest BCUT2D eigenvalue weighted by Gasteiger charge is -2.22. The summed E-state index contributed by atoms with van der Waals surface area (Å²) in [7, 11) is 2.06. The van der Waals surface area contributed by atoms with Gasteiger partial charge in [0.25, 0.3) is 0 Å². The first-order valence-electron chi connectivity index (χ1n) is 6.23. The van der Waals surface area contributed by atoms with Crippen LogP contribution >= 0.6 is 12.2 Å². The third kappa shape index (κ3) is 3.32. The summed E-state index contributed by atoms with van der Waals surface area (Å²) in [6.07, 6.45) is 0. The largest absolute Gasteiger partial charge is 0.389 e. The summed E-state index contributed by atoms with van der Waals surface area (Å²) in [6, 6.07) is 16.6. The number of benzene rings is 2. The van der Waals surface area contributed by atoms with Crippen molar-refractivity contribution in [1.82, 2.24) is 0 Å². The lowest BCUT2D eigenvalue weighted by molar-refractivity contribution is 0.921. The lowest BCUT2D eigenvalue weighted by Crippen LogP contribution is -2.21. The maximum Gasteiger partial charge on any atom is 0.106 e. The summed E-state index contributed by atoms with van der Waals surface area (Å²) in [5.74, 6) is 0. The van der Waals surface area contributed by atoms with Crippen LogP contribution in [0, 0.1) is 6.92 Å². The van der Waals surface area contributed by atoms with Crippen molar-refractivity contribution in [2.45, 2.75) is 13.5 Å². The molecular weight excluding hydrogens is 252 g/mol. The molecule has 2 aromatic rings. The summed E-state index contributed by atoms with van der Waals surface area (Å²) in [5, 5.41) is 0. The molecule has 0 amide bonds. The number of anilines is 1. The Labute approximate surface area is 119 Å². The monoisotopic (exact) mass is 270 g/mol. The van der Waals surface area contributed by atoms with Crippen LogP contribution in [0.25, 0.3) is 0 Å². The van der Waals surface area contributed by atoms with Gasteiger partial charge in [0.2, 0.25) is 0 Å². The molecule has 0 radical (unpaired) electrons. The molecule has 0 saturated carbocycles. The summed E-state index contributed by atoms with van der Waals surface area (Å²) < 4.78 is 0. The molecule has 2 aromatic carbocycles. The van der Waals surface area contributed by atoms with Gasteiger partial charge in [-0.3, -0.25) is 0 Å². The molecule has 2 N–H and O–H groups in total. The van der Waals surface area contributed by atoms with E-state index in [1.807, 2.05) is 31.2 Å². The van der Waals surface area contributed by atoms with Crippen LogP contribution < -0.4 is 10.6 Å². The number of rotatable bonds is 4. The predicted octanol–water partition coefficient (Wildman–Crippen LogP) is 3.27. The Morgan fingerprint density at radius 3 is 2.47 bits per heavy atom. The van der Waals surface area contributed by atoms with Gasteiger partial charge in [-0.05, 0) is 24.6 Å². The van der Waals surface area contributed by atoms with Gasteiger partial charge in [-0.25, -0.2) is 0 Å². The van der Waals surface area contributed by atoms with Crippen LogP contribution in [0.5, 0.6) is 0 Å². The Hall–Kier alpha value is -1.87. The Balaban J connectivity index is 2.28. The molecule has 0 atom stereocenters. The van der Waals surface area contributed by atoms with E-state index in [1.165, 1.54) is 11.1 Å². The van der Waals surface area contributed by atoms with E-state index in [1.54, 1.807) is 0 Å². The van der Waals surface area contributed by atoms with Crippen molar-refractivity contribution < 1.29 is 0 Å². The number of aryl methyl sites for hydroxylation is 1. The van der Waals surface area contributed by atoms with Crippen LogP contribution in [-0.4, -0.2) is 12.0 Å². The number of nitrogens with two attached hydrogens (primary N) is 1. The van der Waals surface area contributed by atoms with Gasteiger partial charge < -0.3 is 10.6 Å². The van der Waals surface area contributed by atoms with Gasteiger partial charge in [-0.15, -0.1) is 0 Å². The molecule has 0 unspecified atom stereocenters. The van der Waals surface area contributed by atoms with Crippen molar-refractivity contribution in [2.75, 3.05) is 11.9 Å². The zero-order valence-corrected chi connectivity index (χ0v) is 12.1. The standard InChI is InChI=1S/C16H18N2S/c1-12-8-9-15(14(10-12)16(17)19)18(2)11-13-6-4-3-5-7-13/h3-10H,11H2,1-2H3,(H2,17,19). The molecule has 0 fully saturated rings. The van der Waals surface area contributed by atoms with Gasteiger partial charge >= 0.3 is 0 Å². The zero-order valence-electron chi connectivity index (χ0n) is 11.3. The van der Waals surface area contributed by atoms with Gasteiger partial charge in [0.1, 0.15) is 4.99 Å². The molecule has 2 rings (SSSR count). The minimum absolute atomic E-state index is 0.443. The van der Waals surface area contributed by atoms with Crippen LogP contribution in [-0.2, 0) is 6.54 Å². The molecule has 0 heterocycles. The molecule has 0 aromatic heterocycles. The molecule has 2 nitrogen and oxygen atoms in total. The van der Waals surface area contributed by atoms with E-state index in [2.05, 4.69) is 36.2 Å². The maximum absolute atomic E-state index is 5.82. The van der Waals surface area contributed by atoms with Crippen LogP contribution in [0.2, 0.25) is 0 Å². The number of hydrogen-bond acceptors (Lipinski definition) is 2. The highest BCUT2D eigenvalue weighted by Gasteiger charge is 2.10. The Morgan fingerprint density at radius 2 is 1.84 bits per heavy atom. The highest BCUT2D eigenvalue weighted by molar-refractivity contribution is 7.80. The zero-order chi connectivity index (χ0) is 13.8. The third-order valence-corrected chi connectivity index (χ3v) is 3.31. The van der Waals surface area contributed by atoms with E-state index in [0.717, 1.165) is 17.8 Å². The quantitative estimate of drug-likeness (QED) is 0.865. The van der Waals surface area contributed by atoms with Crippen LogP contribution in [0.3, 0.4) is 0 Å². The second-order valence-corrected chi connectivity index (χ2v) is 5.17. The Morgan fingerprint density at radius 1 is 1.16 bits per heavy atom. The summed E-state index contributed by atoms with van der Waals surface area (Å²) in [4.78, 5) is 2.61. The number of thiocarbonyl (C=S) groups is 1. The fourth-order valence-corrected chi connectivity index (χ4v) is 2.29. The fourth-order valence-electron chi connectivity index (χ4n) is 2.12. The molecule has 0 aliphatic rings. The van der Waals surface area contributed by atoms with E-state index in [0.29, 0.717) is 4.99 Å². The van der Waals surface area contributed by atoms with Crippen molar-refractivity contribution in [1.29, 1.82) is 0 Å². The molecule has 0 aliphatic heterocycles. The van der Waals surface area contributed by atoms with Crippen molar-refractivity contribution in [3.05, 3.63) is 65.2 Å². The molecular formula is C16H18N2S. The Kier molecular flexibility index (Phi) is 4.17. The molecule has 0 spiro atoms. The second-order valence-electron chi connectivity index (χ2n) is 4.73. The van der Waals surface area contributed by atoms with Crippen molar-refractivity contribution >= 4 is 22.9 Å². The predicted molar refractivity (Wildman–Crippen MR) is 85.6 cm³/mol. The average Bonchev–Trinajstić information content (AvgIpc) is 2.39. The van der Waals surface area contributed by atoms with Gasteiger partial charge in [-0.2, -0.15) is 0 Å². The van der Waals surface area contributed by atoms with Gasteiger partial charge in [0, 0.05) is 24.8 Å². The Bertz CT molecular complexity index is 579. The molecule has 0 aliphatic carbocycles. The van der Waals surface area contributed by atoms with Crippen molar-refractivity contribution in [3.63, 3.8) is 0 Å². The van der Waals surface area contributed by atoms with Crippen LogP contribution in [0.4, 0.5) is 5.69 Å². The first-order valence-corrected chi connectivity index (χ1v) is 6.64. The fraction of sp³-hybridized carbons (Fsp3) is 0.188. The summed E-state index contributed by atoms with van der Waals surface area (Å²) >= 11 is 5.14. The number of hydrogen-bond donors (Lipinski definition) is 1. The van der Waals surface area contributed by atoms with Crippen molar-refractivity contribution in [2.24, 2.45) is 5.73 Å². The van der Waals surface area contributed by atoms with E-state index in [4.69, 9.17) is 18.0 Å². The molecule has 0 saturated heterocycles. The van der Waals surface area contributed by atoms with E-state index in [-0.39, 0.29) is 0 Å². The third-order valence-electron chi connectivity index (χ3n) is 3.09. The van der Waals surface area contributed by atoms with E-state index >= 15 is 0 Å². The minimum Gasteiger partial charge on any atom is -0.389 e. The topological polar surface area (TPSA) is 29.3 Å². The van der Waals surface area contributed by atoms with Gasteiger partial charge in [0.15, 0.2) is 0 Å². The normalized spacial score (nSPS) is 10.2. The smallest absolute Gasteiger partial charge is 0.106 e. The summed E-state index contributed by atoms with van der Waals surface area (Å²) in [5.41, 5.74) is 10.3. The van der Waals surface area contributed by atoms with Gasteiger partial charge in [0.05, 0.1) is 0 Å². The first kappa shape index (κ1) is 13.6. The minimum atomic E-state index is 0.443. The van der Waals surface area contributed by atoms with Crippen molar-refractivity contribution in [3.8, 4) is 0 Å². The highest BCUT2D eigenvalue weighted by atomic mass is 32.1. The number of nitrogens with zero attached hydrogens (tertiary/aromatic N) is 1. The van der Waals surface area contributed by atoms with E-state index in [9.17, 15) is 0 Å². The van der Waals surface area contributed by atoms with Gasteiger partial charge in [-0.1, -0.05) is 54.2 Å².